The minimum atomic E-state index is -3.90. The Bertz CT molecular complexity index is 655. The van der Waals surface area contributed by atoms with Crippen molar-refractivity contribution in [3.8, 4) is 0 Å². The van der Waals surface area contributed by atoms with E-state index >= 15 is 0 Å². The molecule has 2 rings (SSSR count). The fraction of sp³-hybridized carbons (Fsp3) is 0.333. The third-order valence-corrected chi connectivity index (χ3v) is 6.05. The first-order valence-electron chi connectivity index (χ1n) is 5.88. The topological polar surface area (TPSA) is 101 Å². The van der Waals surface area contributed by atoms with Crippen LogP contribution in [0.4, 0.5) is 0 Å². The van der Waals surface area contributed by atoms with E-state index in [1.807, 2.05) is 0 Å². The third kappa shape index (κ3) is 3.04. The van der Waals surface area contributed by atoms with Crippen molar-refractivity contribution in [1.82, 2.24) is 4.31 Å². The molecule has 0 unspecified atom stereocenters. The minimum absolute atomic E-state index is 0.0519. The Labute approximate surface area is 125 Å². The Morgan fingerprint density at radius 3 is 2.48 bits per heavy atom. The van der Waals surface area contributed by atoms with E-state index in [-0.39, 0.29) is 22.1 Å². The second-order valence-corrected chi connectivity index (χ2v) is 7.15. The Morgan fingerprint density at radius 1 is 1.33 bits per heavy atom. The maximum absolute atomic E-state index is 12.4. The zero-order valence-electron chi connectivity index (χ0n) is 11.1. The lowest BCUT2D eigenvalue weighted by molar-refractivity contribution is -0.140. The molecule has 1 fully saturated rings. The molecule has 114 valence electrons. The third-order valence-electron chi connectivity index (χ3n) is 3.01. The van der Waals surface area contributed by atoms with E-state index in [1.54, 1.807) is 0 Å². The predicted molar refractivity (Wildman–Crippen MR) is 75.6 cm³/mol. The summed E-state index contributed by atoms with van der Waals surface area (Å²) in [7, 11) is -2.67. The number of carbonyl (C=O) groups excluding carboxylic acids is 1. The summed E-state index contributed by atoms with van der Waals surface area (Å²) >= 11 is 1.24. The number of aliphatic carboxylic acids is 1. The Balaban J connectivity index is 2.31. The first-order valence-corrected chi connectivity index (χ1v) is 8.48. The number of ether oxygens (including phenoxy) is 1. The van der Waals surface area contributed by atoms with Crippen molar-refractivity contribution in [2.24, 2.45) is 0 Å². The van der Waals surface area contributed by atoms with E-state index in [4.69, 9.17) is 5.11 Å². The van der Waals surface area contributed by atoms with E-state index < -0.39 is 28.0 Å². The van der Waals surface area contributed by atoms with E-state index in [0.29, 0.717) is 0 Å². The summed E-state index contributed by atoms with van der Waals surface area (Å²) in [6, 6.07) is 4.13. The van der Waals surface area contributed by atoms with Crippen LogP contribution in [0.1, 0.15) is 10.4 Å². The number of nitrogens with zero attached hydrogens (tertiary/aromatic N) is 1. The molecule has 1 aliphatic heterocycles. The highest BCUT2D eigenvalue weighted by molar-refractivity contribution is 8.00. The van der Waals surface area contributed by atoms with Crippen LogP contribution in [-0.2, 0) is 19.6 Å². The van der Waals surface area contributed by atoms with Gasteiger partial charge >= 0.3 is 11.9 Å². The van der Waals surface area contributed by atoms with Gasteiger partial charge < -0.3 is 9.84 Å². The number of methoxy groups -OCH3 is 1. The second-order valence-electron chi connectivity index (χ2n) is 4.26. The largest absolute Gasteiger partial charge is 0.480 e. The lowest BCUT2D eigenvalue weighted by Gasteiger charge is -2.20. The molecule has 1 atom stereocenters. The number of esters is 1. The van der Waals surface area contributed by atoms with Crippen LogP contribution in [0.25, 0.3) is 0 Å². The molecule has 1 saturated heterocycles. The van der Waals surface area contributed by atoms with E-state index in [9.17, 15) is 18.0 Å². The first-order chi connectivity index (χ1) is 9.87. The van der Waals surface area contributed by atoms with Gasteiger partial charge in [-0.05, 0) is 24.3 Å². The van der Waals surface area contributed by atoms with Gasteiger partial charge in [0.1, 0.15) is 6.04 Å². The quantitative estimate of drug-likeness (QED) is 0.807. The van der Waals surface area contributed by atoms with Crippen LogP contribution in [0.15, 0.2) is 29.2 Å². The zero-order chi connectivity index (χ0) is 15.6. The van der Waals surface area contributed by atoms with E-state index in [1.165, 1.54) is 43.1 Å². The lowest BCUT2D eigenvalue weighted by atomic mass is 10.2. The maximum atomic E-state index is 12.4. The molecule has 0 spiro atoms. The molecule has 1 heterocycles. The molecular formula is C12H13NO6S2. The zero-order valence-corrected chi connectivity index (χ0v) is 12.7. The van der Waals surface area contributed by atoms with Crippen molar-refractivity contribution < 1.29 is 27.9 Å². The summed E-state index contributed by atoms with van der Waals surface area (Å²) in [5.74, 6) is -1.43. The van der Waals surface area contributed by atoms with Crippen molar-refractivity contribution in [3.05, 3.63) is 29.8 Å². The summed E-state index contributed by atoms with van der Waals surface area (Å²) < 4.78 is 30.3. The predicted octanol–water partition coefficient (Wildman–Crippen LogP) is 0.621. The standard InChI is InChI=1S/C12H13NO6S2/c1-19-12(16)8-2-4-9(5-3-8)21(17,18)13-7-20-6-10(13)11(14)15/h2-5,10H,6-7H2,1H3,(H,14,15)/t10-/m0/s1. The van der Waals surface area contributed by atoms with Gasteiger partial charge in [-0.3, -0.25) is 4.79 Å². The Hall–Kier alpha value is -1.58. The number of carbonyl (C=O) groups is 2. The number of thioether (sulfide) groups is 1. The molecule has 1 aromatic carbocycles. The molecule has 9 heteroatoms. The fourth-order valence-corrected chi connectivity index (χ4v) is 5.01. The summed E-state index contributed by atoms with van der Waals surface area (Å²) in [5.41, 5.74) is 0.224. The van der Waals surface area contributed by atoms with Crippen LogP contribution < -0.4 is 0 Å². The van der Waals surface area contributed by atoms with Gasteiger partial charge in [-0.15, -0.1) is 11.8 Å². The molecule has 0 saturated carbocycles. The van der Waals surface area contributed by atoms with Crippen LogP contribution >= 0.6 is 11.8 Å². The van der Waals surface area contributed by atoms with Crippen molar-refractivity contribution in [1.29, 1.82) is 0 Å². The van der Waals surface area contributed by atoms with Gasteiger partial charge in [-0.2, -0.15) is 4.31 Å². The molecule has 0 amide bonds. The number of hydrogen-bond acceptors (Lipinski definition) is 6. The van der Waals surface area contributed by atoms with Crippen LogP contribution in [-0.4, -0.2) is 54.5 Å². The fourth-order valence-electron chi connectivity index (χ4n) is 1.88. The van der Waals surface area contributed by atoms with Gasteiger partial charge in [0.2, 0.25) is 10.0 Å². The molecule has 1 aliphatic rings. The molecular weight excluding hydrogens is 318 g/mol. The molecule has 0 radical (unpaired) electrons. The first kappa shape index (κ1) is 15.8. The number of sulfonamides is 1. The molecule has 1 aromatic rings. The normalized spacial score (nSPS) is 19.4. The Kier molecular flexibility index (Phi) is 4.55. The van der Waals surface area contributed by atoms with E-state index in [0.717, 1.165) is 4.31 Å². The van der Waals surface area contributed by atoms with Crippen molar-refractivity contribution in [2.75, 3.05) is 18.7 Å². The van der Waals surface area contributed by atoms with Crippen molar-refractivity contribution in [2.45, 2.75) is 10.9 Å². The van der Waals surface area contributed by atoms with Crippen molar-refractivity contribution >= 4 is 33.7 Å². The van der Waals surface area contributed by atoms with Gasteiger partial charge in [0.05, 0.1) is 23.4 Å². The highest BCUT2D eigenvalue weighted by Crippen LogP contribution is 2.28. The van der Waals surface area contributed by atoms with Crippen LogP contribution in [0, 0.1) is 0 Å². The summed E-state index contributed by atoms with van der Waals surface area (Å²) in [5, 5.41) is 9.06. The molecule has 0 bridgehead atoms. The number of hydrogen-bond donors (Lipinski definition) is 1. The Morgan fingerprint density at radius 2 is 1.95 bits per heavy atom. The average Bonchev–Trinajstić information content (AvgIpc) is 2.97. The highest BCUT2D eigenvalue weighted by Gasteiger charge is 2.40. The maximum Gasteiger partial charge on any atom is 0.337 e. The van der Waals surface area contributed by atoms with Crippen molar-refractivity contribution in [3.63, 3.8) is 0 Å². The lowest BCUT2D eigenvalue weighted by Crippen LogP contribution is -2.41. The monoisotopic (exact) mass is 331 g/mol. The highest BCUT2D eigenvalue weighted by atomic mass is 32.2. The summed E-state index contributed by atoms with van der Waals surface area (Å²) in [4.78, 5) is 22.3. The molecule has 0 aromatic heterocycles. The summed E-state index contributed by atoms with van der Waals surface area (Å²) in [6.07, 6.45) is 0. The molecule has 0 aliphatic carbocycles. The second kappa shape index (κ2) is 6.04. The molecule has 1 N–H and O–H groups in total. The number of carboxylic acid groups (broad SMARTS) is 1. The van der Waals surface area contributed by atoms with E-state index in [2.05, 4.69) is 4.74 Å². The van der Waals surface area contributed by atoms with Gasteiger partial charge in [0.15, 0.2) is 0 Å². The van der Waals surface area contributed by atoms with Gasteiger partial charge in [-0.1, -0.05) is 0 Å². The minimum Gasteiger partial charge on any atom is -0.480 e. The summed E-state index contributed by atoms with van der Waals surface area (Å²) in [6.45, 7) is 0. The molecule has 7 nitrogen and oxygen atoms in total. The number of rotatable bonds is 4. The van der Waals surface area contributed by atoms with Crippen LogP contribution in [0.2, 0.25) is 0 Å². The molecule has 21 heavy (non-hydrogen) atoms. The number of carboxylic acids is 1. The van der Waals surface area contributed by atoms with Gasteiger partial charge in [0.25, 0.3) is 0 Å². The number of benzene rings is 1. The van der Waals surface area contributed by atoms with Gasteiger partial charge in [-0.25, -0.2) is 13.2 Å². The smallest absolute Gasteiger partial charge is 0.337 e. The van der Waals surface area contributed by atoms with Gasteiger partial charge in [0, 0.05) is 5.75 Å². The SMILES string of the molecule is COC(=O)c1ccc(S(=O)(=O)N2CSC[C@H]2C(=O)O)cc1. The van der Waals surface area contributed by atoms with Crippen LogP contribution in [0.5, 0.6) is 0 Å². The van der Waals surface area contributed by atoms with Crippen LogP contribution in [0.3, 0.4) is 0 Å². The average molecular weight is 331 g/mol.